The van der Waals surface area contributed by atoms with E-state index in [1.807, 2.05) is 4.90 Å². The average Bonchev–Trinajstić information content (AvgIpc) is 2.46. The third kappa shape index (κ3) is 2.58. The summed E-state index contributed by atoms with van der Waals surface area (Å²) in [5, 5.41) is 0.455. The van der Waals surface area contributed by atoms with Gasteiger partial charge in [-0.2, -0.15) is 0 Å². The van der Waals surface area contributed by atoms with E-state index in [1.165, 1.54) is 12.1 Å². The van der Waals surface area contributed by atoms with E-state index in [4.69, 9.17) is 4.74 Å². The number of nitrogens with zero attached hydrogens (tertiary/aromatic N) is 1. The Kier molecular flexibility index (Phi) is 4.26. The van der Waals surface area contributed by atoms with Crippen LogP contribution in [-0.2, 0) is 10.1 Å². The molecule has 2 fully saturated rings. The van der Waals surface area contributed by atoms with Crippen LogP contribution in [0.3, 0.4) is 0 Å². The van der Waals surface area contributed by atoms with Crippen LogP contribution in [0.15, 0.2) is 12.1 Å². The number of alkyl halides is 1. The lowest BCUT2D eigenvalue weighted by Gasteiger charge is -2.45. The average molecular weight is 346 g/mol. The molecule has 2 aliphatic rings. The van der Waals surface area contributed by atoms with E-state index in [0.29, 0.717) is 24.0 Å². The number of ether oxygens (including phenoxy) is 1. The van der Waals surface area contributed by atoms with Gasteiger partial charge in [-0.1, -0.05) is 28.8 Å². The Balaban J connectivity index is 1.94. The molecule has 1 saturated carbocycles. The van der Waals surface area contributed by atoms with Crippen LogP contribution in [0.25, 0.3) is 0 Å². The Morgan fingerprint density at radius 2 is 1.90 bits per heavy atom. The molecule has 0 radical (unpaired) electrons. The molecule has 5 heteroatoms. The molecule has 0 spiro atoms. The standard InChI is InChI=1S/C15H18BrF2NO/c16-9-10-7-11(17)15(12(18)8-10)19-5-6-20-14-4-2-1-3-13(14)19/h7-8,13-14H,1-6,9H2. The van der Waals surface area contributed by atoms with Gasteiger partial charge in [0.2, 0.25) is 0 Å². The molecule has 2 atom stereocenters. The fraction of sp³-hybridized carbons (Fsp3) is 0.600. The SMILES string of the molecule is Fc1cc(CBr)cc(F)c1N1CCOC2CCCCC21. The number of rotatable bonds is 2. The molecule has 1 aromatic rings. The largest absolute Gasteiger partial charge is 0.374 e. The van der Waals surface area contributed by atoms with Crippen molar-refractivity contribution in [1.29, 1.82) is 0 Å². The minimum atomic E-state index is -0.467. The summed E-state index contributed by atoms with van der Waals surface area (Å²) >= 11 is 3.23. The molecule has 0 N–H and O–H groups in total. The lowest BCUT2D eigenvalue weighted by Crippen LogP contribution is -2.53. The first-order chi connectivity index (χ1) is 9.70. The van der Waals surface area contributed by atoms with Gasteiger partial charge in [0, 0.05) is 11.9 Å². The molecule has 1 aliphatic carbocycles. The summed E-state index contributed by atoms with van der Waals surface area (Å²) in [6, 6.07) is 2.94. The molecular weight excluding hydrogens is 328 g/mol. The molecule has 1 saturated heterocycles. The summed E-state index contributed by atoms with van der Waals surface area (Å²) in [6.45, 7) is 1.10. The van der Waals surface area contributed by atoms with Crippen molar-refractivity contribution in [2.45, 2.75) is 43.2 Å². The highest BCUT2D eigenvalue weighted by molar-refractivity contribution is 9.08. The summed E-state index contributed by atoms with van der Waals surface area (Å²) in [5.74, 6) is -0.934. The number of hydrogen-bond donors (Lipinski definition) is 0. The minimum absolute atomic E-state index is 0.108. The van der Waals surface area contributed by atoms with Gasteiger partial charge in [-0.3, -0.25) is 0 Å². The van der Waals surface area contributed by atoms with Gasteiger partial charge in [-0.05, 0) is 30.5 Å². The van der Waals surface area contributed by atoms with E-state index in [1.54, 1.807) is 0 Å². The summed E-state index contributed by atoms with van der Waals surface area (Å²) in [5.41, 5.74) is 0.743. The molecule has 2 unspecified atom stereocenters. The zero-order chi connectivity index (χ0) is 14.1. The molecule has 110 valence electrons. The van der Waals surface area contributed by atoms with E-state index in [9.17, 15) is 8.78 Å². The van der Waals surface area contributed by atoms with Crippen LogP contribution in [-0.4, -0.2) is 25.3 Å². The van der Waals surface area contributed by atoms with Crippen LogP contribution >= 0.6 is 15.9 Å². The van der Waals surface area contributed by atoms with Gasteiger partial charge in [0.1, 0.15) is 17.3 Å². The maximum Gasteiger partial charge on any atom is 0.149 e. The molecule has 3 rings (SSSR count). The molecule has 0 amide bonds. The molecular formula is C15H18BrF2NO. The van der Waals surface area contributed by atoms with Crippen molar-refractivity contribution in [3.8, 4) is 0 Å². The van der Waals surface area contributed by atoms with Gasteiger partial charge >= 0.3 is 0 Å². The normalized spacial score (nSPS) is 26.4. The van der Waals surface area contributed by atoms with E-state index >= 15 is 0 Å². The lowest BCUT2D eigenvalue weighted by molar-refractivity contribution is -0.00916. The van der Waals surface area contributed by atoms with Crippen LogP contribution in [0.5, 0.6) is 0 Å². The Morgan fingerprint density at radius 1 is 1.20 bits per heavy atom. The monoisotopic (exact) mass is 345 g/mol. The van der Waals surface area contributed by atoms with E-state index in [-0.39, 0.29) is 17.8 Å². The van der Waals surface area contributed by atoms with Crippen molar-refractivity contribution in [2.75, 3.05) is 18.1 Å². The van der Waals surface area contributed by atoms with Gasteiger partial charge in [-0.15, -0.1) is 0 Å². The number of benzene rings is 1. The molecule has 1 heterocycles. The summed E-state index contributed by atoms with van der Waals surface area (Å²) in [6.07, 6.45) is 4.30. The second-order valence-electron chi connectivity index (χ2n) is 5.50. The van der Waals surface area contributed by atoms with Gasteiger partial charge in [0.25, 0.3) is 0 Å². The van der Waals surface area contributed by atoms with Crippen LogP contribution < -0.4 is 4.90 Å². The summed E-state index contributed by atoms with van der Waals surface area (Å²) in [7, 11) is 0. The lowest BCUT2D eigenvalue weighted by atomic mass is 9.89. The quantitative estimate of drug-likeness (QED) is 0.751. The highest BCUT2D eigenvalue weighted by Gasteiger charge is 2.36. The van der Waals surface area contributed by atoms with E-state index < -0.39 is 11.6 Å². The van der Waals surface area contributed by atoms with Gasteiger partial charge in [0.15, 0.2) is 0 Å². The van der Waals surface area contributed by atoms with Crippen LogP contribution in [0.4, 0.5) is 14.5 Å². The van der Waals surface area contributed by atoms with Crippen LogP contribution in [0.1, 0.15) is 31.2 Å². The van der Waals surface area contributed by atoms with Gasteiger partial charge in [0.05, 0.1) is 18.8 Å². The Bertz CT molecular complexity index is 472. The predicted molar refractivity (Wildman–Crippen MR) is 78.3 cm³/mol. The van der Waals surface area contributed by atoms with Crippen molar-refractivity contribution in [3.05, 3.63) is 29.3 Å². The highest BCUT2D eigenvalue weighted by atomic mass is 79.9. The predicted octanol–water partition coefficient (Wildman–Crippen LogP) is 4.01. The topological polar surface area (TPSA) is 12.5 Å². The zero-order valence-corrected chi connectivity index (χ0v) is 12.8. The second kappa shape index (κ2) is 5.98. The highest BCUT2D eigenvalue weighted by Crippen LogP contribution is 2.35. The number of anilines is 1. The summed E-state index contributed by atoms with van der Waals surface area (Å²) in [4.78, 5) is 1.88. The Morgan fingerprint density at radius 3 is 2.60 bits per heavy atom. The van der Waals surface area contributed by atoms with Crippen molar-refractivity contribution >= 4 is 21.6 Å². The number of morpholine rings is 1. The molecule has 2 nitrogen and oxygen atoms in total. The van der Waals surface area contributed by atoms with Gasteiger partial charge < -0.3 is 9.64 Å². The first kappa shape index (κ1) is 14.3. The third-order valence-electron chi connectivity index (χ3n) is 4.25. The number of hydrogen-bond acceptors (Lipinski definition) is 2. The smallest absolute Gasteiger partial charge is 0.149 e. The van der Waals surface area contributed by atoms with Crippen molar-refractivity contribution < 1.29 is 13.5 Å². The first-order valence-corrected chi connectivity index (χ1v) is 8.25. The first-order valence-electron chi connectivity index (χ1n) is 7.13. The Hall–Kier alpha value is -0.680. The van der Waals surface area contributed by atoms with E-state index in [0.717, 1.165) is 25.7 Å². The maximum atomic E-state index is 14.3. The molecule has 0 aromatic heterocycles. The van der Waals surface area contributed by atoms with Crippen molar-refractivity contribution in [1.82, 2.24) is 0 Å². The Labute approximate surface area is 126 Å². The van der Waals surface area contributed by atoms with Gasteiger partial charge in [-0.25, -0.2) is 8.78 Å². The van der Waals surface area contributed by atoms with Crippen LogP contribution in [0, 0.1) is 11.6 Å². The van der Waals surface area contributed by atoms with Crippen molar-refractivity contribution in [2.24, 2.45) is 0 Å². The van der Waals surface area contributed by atoms with Crippen LogP contribution in [0.2, 0.25) is 0 Å². The maximum absolute atomic E-state index is 14.3. The molecule has 0 bridgehead atoms. The minimum Gasteiger partial charge on any atom is -0.374 e. The molecule has 20 heavy (non-hydrogen) atoms. The van der Waals surface area contributed by atoms with E-state index in [2.05, 4.69) is 15.9 Å². The number of halogens is 3. The second-order valence-corrected chi connectivity index (χ2v) is 6.06. The zero-order valence-electron chi connectivity index (χ0n) is 11.2. The number of fused-ring (bicyclic) bond motifs is 1. The fourth-order valence-corrected chi connectivity index (χ4v) is 3.67. The fourth-order valence-electron chi connectivity index (χ4n) is 3.34. The molecule has 1 aliphatic heterocycles. The summed E-state index contributed by atoms with van der Waals surface area (Å²) < 4.78 is 34.4. The van der Waals surface area contributed by atoms with Crippen molar-refractivity contribution in [3.63, 3.8) is 0 Å². The molecule has 1 aromatic carbocycles. The third-order valence-corrected chi connectivity index (χ3v) is 4.90.